The van der Waals surface area contributed by atoms with E-state index in [2.05, 4.69) is 0 Å². The average molecular weight is 483 g/mol. The molecule has 0 unspecified atom stereocenters. The van der Waals surface area contributed by atoms with Crippen molar-refractivity contribution in [1.29, 1.82) is 0 Å². The lowest BCUT2D eigenvalue weighted by atomic mass is 9.92. The molecule has 0 saturated carbocycles. The Hall–Kier alpha value is -4.32. The molecule has 0 radical (unpaired) electrons. The molecule has 36 heavy (non-hydrogen) atoms. The van der Waals surface area contributed by atoms with Crippen molar-refractivity contribution in [3.63, 3.8) is 0 Å². The fraction of sp³-hybridized carbons (Fsp3) is 0.200. The molecule has 4 aromatic rings. The van der Waals surface area contributed by atoms with Crippen LogP contribution in [0.5, 0.6) is 11.5 Å². The number of nitrogens with zero attached hydrogens (tertiary/aromatic N) is 2. The molecule has 0 aromatic heterocycles. The first-order valence-corrected chi connectivity index (χ1v) is 11.6. The number of ketones is 2. The van der Waals surface area contributed by atoms with E-state index in [-0.39, 0.29) is 11.6 Å². The Morgan fingerprint density at radius 2 is 0.917 bits per heavy atom. The normalized spacial score (nSPS) is 10.7. The number of hydrogen-bond acceptors (Lipinski definition) is 6. The van der Waals surface area contributed by atoms with Crippen LogP contribution in [0, 0.1) is 0 Å². The van der Waals surface area contributed by atoms with Gasteiger partial charge in [0.25, 0.3) is 0 Å². The first kappa shape index (κ1) is 24.8. The lowest BCUT2D eigenvalue weighted by Crippen LogP contribution is -2.19. The van der Waals surface area contributed by atoms with Crippen LogP contribution < -0.4 is 19.3 Å². The summed E-state index contributed by atoms with van der Waals surface area (Å²) < 4.78 is 10.5. The molecule has 4 rings (SSSR count). The molecule has 0 N–H and O–H groups in total. The molecule has 0 aliphatic heterocycles. The van der Waals surface area contributed by atoms with Crippen LogP contribution in [-0.2, 0) is 0 Å². The van der Waals surface area contributed by atoms with Crippen LogP contribution in [0.3, 0.4) is 0 Å². The lowest BCUT2D eigenvalue weighted by Gasteiger charge is -2.26. The number of ether oxygens (including phenoxy) is 2. The van der Waals surface area contributed by atoms with Crippen molar-refractivity contribution in [2.24, 2.45) is 0 Å². The third-order valence-electron chi connectivity index (χ3n) is 6.22. The summed E-state index contributed by atoms with van der Waals surface area (Å²) in [6.07, 6.45) is 0. The zero-order valence-corrected chi connectivity index (χ0v) is 21.5. The van der Waals surface area contributed by atoms with Crippen LogP contribution in [0.1, 0.15) is 31.8 Å². The number of carbonyl (C=O) groups excluding carboxylic acids is 2. The maximum atomic E-state index is 13.6. The van der Waals surface area contributed by atoms with E-state index in [4.69, 9.17) is 9.47 Å². The zero-order valence-electron chi connectivity index (χ0n) is 21.5. The van der Waals surface area contributed by atoms with Gasteiger partial charge in [-0.25, -0.2) is 0 Å². The second-order valence-electron chi connectivity index (χ2n) is 8.93. The number of carbonyl (C=O) groups is 2. The lowest BCUT2D eigenvalue weighted by molar-refractivity contribution is 0.103. The van der Waals surface area contributed by atoms with Crippen molar-refractivity contribution in [3.8, 4) is 11.5 Å². The van der Waals surface area contributed by atoms with Gasteiger partial charge in [-0.3, -0.25) is 9.59 Å². The van der Waals surface area contributed by atoms with Gasteiger partial charge in [0, 0.05) is 55.8 Å². The largest absolute Gasteiger partial charge is 0.497 e. The number of benzene rings is 4. The summed E-state index contributed by atoms with van der Waals surface area (Å²) in [5.74, 6) is 1.18. The van der Waals surface area contributed by atoms with E-state index in [1.807, 2.05) is 62.3 Å². The fourth-order valence-corrected chi connectivity index (χ4v) is 4.47. The Labute approximate surface area is 211 Å². The van der Waals surface area contributed by atoms with Gasteiger partial charge in [-0.05, 0) is 66.0 Å². The predicted octanol–water partition coefficient (Wildman–Crippen LogP) is 5.45. The number of rotatable bonds is 8. The summed E-state index contributed by atoms with van der Waals surface area (Å²) >= 11 is 0. The van der Waals surface area contributed by atoms with E-state index >= 15 is 0 Å². The van der Waals surface area contributed by atoms with E-state index in [9.17, 15) is 9.59 Å². The molecule has 0 amide bonds. The van der Waals surface area contributed by atoms with Crippen LogP contribution in [0.15, 0.2) is 72.8 Å². The van der Waals surface area contributed by atoms with Gasteiger partial charge in [-0.1, -0.05) is 12.1 Å². The number of methoxy groups -OCH3 is 2. The predicted molar refractivity (Wildman–Crippen MR) is 145 cm³/mol. The van der Waals surface area contributed by atoms with Crippen LogP contribution >= 0.6 is 0 Å². The highest BCUT2D eigenvalue weighted by atomic mass is 16.5. The van der Waals surface area contributed by atoms with Gasteiger partial charge in [-0.15, -0.1) is 0 Å². The number of fused-ring (bicyclic) bond motifs is 1. The van der Waals surface area contributed by atoms with E-state index in [0.717, 1.165) is 22.1 Å². The summed E-state index contributed by atoms with van der Waals surface area (Å²) in [4.78, 5) is 31.2. The molecule has 184 valence electrons. The molecule has 4 aromatic carbocycles. The minimum atomic E-state index is -0.0974. The van der Waals surface area contributed by atoms with Gasteiger partial charge in [0.05, 0.1) is 25.6 Å². The van der Waals surface area contributed by atoms with Crippen LogP contribution in [0.4, 0.5) is 11.4 Å². The maximum absolute atomic E-state index is 13.6. The van der Waals surface area contributed by atoms with Crippen molar-refractivity contribution in [1.82, 2.24) is 0 Å². The van der Waals surface area contributed by atoms with Crippen LogP contribution in [0.25, 0.3) is 10.8 Å². The van der Waals surface area contributed by atoms with Crippen molar-refractivity contribution in [2.75, 3.05) is 52.2 Å². The summed E-state index contributed by atoms with van der Waals surface area (Å²) in [6.45, 7) is 0. The summed E-state index contributed by atoms with van der Waals surface area (Å²) in [6, 6.07) is 21.8. The fourth-order valence-electron chi connectivity index (χ4n) is 4.47. The first-order chi connectivity index (χ1) is 17.3. The smallest absolute Gasteiger partial charge is 0.195 e. The molecule has 0 spiro atoms. The Bertz CT molecular complexity index is 1320. The number of anilines is 2. The zero-order chi connectivity index (χ0) is 26.0. The highest BCUT2D eigenvalue weighted by Crippen LogP contribution is 2.40. The highest BCUT2D eigenvalue weighted by Gasteiger charge is 2.24. The minimum absolute atomic E-state index is 0.0974. The molecule has 0 atom stereocenters. The second-order valence-corrected chi connectivity index (χ2v) is 8.93. The van der Waals surface area contributed by atoms with Gasteiger partial charge in [0.15, 0.2) is 11.6 Å². The Balaban J connectivity index is 1.94. The SMILES string of the molecule is COc1ccc(C(=O)c2ccc3ccc(C(=O)c4ccc(OC)cc4)c(N(C)C)c3c2N(C)C)cc1. The Kier molecular flexibility index (Phi) is 6.97. The molecule has 0 aliphatic carbocycles. The molecule has 0 aliphatic rings. The van der Waals surface area contributed by atoms with Crippen molar-refractivity contribution >= 4 is 33.7 Å². The van der Waals surface area contributed by atoms with Crippen molar-refractivity contribution in [2.45, 2.75) is 0 Å². The monoisotopic (exact) mass is 482 g/mol. The van der Waals surface area contributed by atoms with Crippen LogP contribution in [0.2, 0.25) is 0 Å². The highest BCUT2D eigenvalue weighted by molar-refractivity contribution is 6.22. The van der Waals surface area contributed by atoms with E-state index < -0.39 is 0 Å². The summed E-state index contributed by atoms with van der Waals surface area (Å²) in [5.41, 5.74) is 3.79. The quantitative estimate of drug-likeness (QED) is 0.311. The molecular formula is C30H30N2O4. The minimum Gasteiger partial charge on any atom is -0.497 e. The van der Waals surface area contributed by atoms with Gasteiger partial charge >= 0.3 is 0 Å². The van der Waals surface area contributed by atoms with Crippen molar-refractivity contribution in [3.05, 3.63) is 95.1 Å². The maximum Gasteiger partial charge on any atom is 0.195 e. The molecule has 6 nitrogen and oxygen atoms in total. The molecular weight excluding hydrogens is 452 g/mol. The van der Waals surface area contributed by atoms with Gasteiger partial charge in [0.1, 0.15) is 11.5 Å². The standard InChI is InChI=1S/C30H30N2O4/c1-31(2)27-24(29(33)20-7-13-22(35-5)14-8-20)17-11-19-12-18-25(28(26(19)27)32(3)4)30(34)21-9-15-23(36-6)16-10-21/h7-18H,1-6H3. The van der Waals surface area contributed by atoms with Crippen LogP contribution in [-0.4, -0.2) is 54.0 Å². The van der Waals surface area contributed by atoms with E-state index in [1.165, 1.54) is 0 Å². The van der Waals surface area contributed by atoms with E-state index in [0.29, 0.717) is 33.8 Å². The first-order valence-electron chi connectivity index (χ1n) is 11.6. The third kappa shape index (κ3) is 4.50. The second kappa shape index (κ2) is 10.1. The average Bonchev–Trinajstić information content (AvgIpc) is 2.90. The number of hydrogen-bond donors (Lipinski definition) is 0. The molecule has 0 heterocycles. The Morgan fingerprint density at radius 1 is 0.556 bits per heavy atom. The molecule has 0 saturated heterocycles. The van der Waals surface area contributed by atoms with Gasteiger partial charge < -0.3 is 19.3 Å². The van der Waals surface area contributed by atoms with E-state index in [1.54, 1.807) is 62.8 Å². The summed E-state index contributed by atoms with van der Waals surface area (Å²) in [7, 11) is 10.8. The molecule has 0 fully saturated rings. The Morgan fingerprint density at radius 3 is 1.22 bits per heavy atom. The molecule has 6 heteroatoms. The van der Waals surface area contributed by atoms with Gasteiger partial charge in [0.2, 0.25) is 0 Å². The molecule has 0 bridgehead atoms. The topological polar surface area (TPSA) is 59.1 Å². The third-order valence-corrected chi connectivity index (χ3v) is 6.22. The van der Waals surface area contributed by atoms with Crippen molar-refractivity contribution < 1.29 is 19.1 Å². The van der Waals surface area contributed by atoms with Gasteiger partial charge in [-0.2, -0.15) is 0 Å². The summed E-state index contributed by atoms with van der Waals surface area (Å²) in [5, 5.41) is 1.80.